The van der Waals surface area contributed by atoms with E-state index >= 15 is 0 Å². The molecule has 0 aromatic carbocycles. The largest absolute Gasteiger partial charge is 0.465 e. The zero-order chi connectivity index (χ0) is 10.7. The summed E-state index contributed by atoms with van der Waals surface area (Å²) in [7, 11) is 1.24. The normalized spacial score (nSPS) is 10.3. The molecule has 14 heavy (non-hydrogen) atoms. The number of carbonyl (C=O) groups is 1. The van der Waals surface area contributed by atoms with Crippen molar-refractivity contribution in [2.45, 2.75) is 19.9 Å². The Morgan fingerprint density at radius 3 is 2.71 bits per heavy atom. The zero-order valence-corrected chi connectivity index (χ0v) is 8.35. The first-order valence-electron chi connectivity index (χ1n) is 4.24. The molecule has 0 aliphatic heterocycles. The van der Waals surface area contributed by atoms with Crippen LogP contribution in [0.1, 0.15) is 30.2 Å². The number of rotatable bonds is 2. The van der Waals surface area contributed by atoms with Crippen LogP contribution in [0.15, 0.2) is 17.1 Å². The molecule has 5 heteroatoms. The van der Waals surface area contributed by atoms with Crippen LogP contribution in [0.3, 0.4) is 0 Å². The van der Waals surface area contributed by atoms with Gasteiger partial charge in [0, 0.05) is 6.20 Å². The van der Waals surface area contributed by atoms with E-state index in [1.165, 1.54) is 24.1 Å². The van der Waals surface area contributed by atoms with Crippen LogP contribution >= 0.6 is 0 Å². The molecule has 0 fully saturated rings. The van der Waals surface area contributed by atoms with E-state index in [0.717, 1.165) is 0 Å². The summed E-state index contributed by atoms with van der Waals surface area (Å²) in [5.41, 5.74) is -0.412. The van der Waals surface area contributed by atoms with Gasteiger partial charge in [0.15, 0.2) is 0 Å². The first kappa shape index (κ1) is 10.4. The summed E-state index contributed by atoms with van der Waals surface area (Å²) in [6.45, 7) is 3.63. The van der Waals surface area contributed by atoms with Gasteiger partial charge in [-0.15, -0.1) is 0 Å². The maximum Gasteiger partial charge on any atom is 0.343 e. The van der Waals surface area contributed by atoms with Crippen molar-refractivity contribution >= 4 is 5.97 Å². The van der Waals surface area contributed by atoms with Gasteiger partial charge in [-0.2, -0.15) is 5.10 Å². The van der Waals surface area contributed by atoms with Crippen molar-refractivity contribution in [2.75, 3.05) is 7.11 Å². The van der Waals surface area contributed by atoms with E-state index < -0.39 is 11.5 Å². The molecule has 1 aromatic heterocycles. The summed E-state index contributed by atoms with van der Waals surface area (Å²) in [6.07, 6.45) is 1.41. The second-order valence-corrected chi connectivity index (χ2v) is 3.08. The molecule has 0 spiro atoms. The summed E-state index contributed by atoms with van der Waals surface area (Å²) in [4.78, 5) is 22.8. The predicted octanol–water partition coefficient (Wildman–Crippen LogP) is 0.611. The Hall–Kier alpha value is -1.65. The molecule has 0 saturated heterocycles. The summed E-state index contributed by atoms with van der Waals surface area (Å²) in [5.74, 6) is -0.633. The fraction of sp³-hybridized carbons (Fsp3) is 0.444. The highest BCUT2D eigenvalue weighted by Gasteiger charge is 2.13. The Balaban J connectivity index is 3.28. The number of esters is 1. The Bertz CT molecular complexity index is 395. The lowest BCUT2D eigenvalue weighted by Crippen LogP contribution is -2.29. The minimum Gasteiger partial charge on any atom is -0.465 e. The van der Waals surface area contributed by atoms with Crippen molar-refractivity contribution < 1.29 is 9.53 Å². The number of hydrogen-bond acceptors (Lipinski definition) is 4. The summed E-state index contributed by atoms with van der Waals surface area (Å²) in [5, 5.41) is 3.85. The second kappa shape index (κ2) is 4.04. The predicted molar refractivity (Wildman–Crippen MR) is 50.2 cm³/mol. The van der Waals surface area contributed by atoms with Crippen LogP contribution in [0.5, 0.6) is 0 Å². The molecule has 0 bridgehead atoms. The van der Waals surface area contributed by atoms with Gasteiger partial charge in [-0.1, -0.05) is 0 Å². The standard InChI is InChI=1S/C9H12N2O3/c1-6(2)11-8(12)7(4-5-10-11)9(13)14-3/h4-6H,1-3H3. The first-order valence-corrected chi connectivity index (χ1v) is 4.24. The average molecular weight is 196 g/mol. The summed E-state index contributed by atoms with van der Waals surface area (Å²) < 4.78 is 5.71. The van der Waals surface area contributed by atoms with Crippen LogP contribution in [0, 0.1) is 0 Å². The molecule has 5 nitrogen and oxygen atoms in total. The monoisotopic (exact) mass is 196 g/mol. The molecular formula is C9H12N2O3. The van der Waals surface area contributed by atoms with Gasteiger partial charge >= 0.3 is 5.97 Å². The van der Waals surface area contributed by atoms with Crippen LogP contribution in [-0.4, -0.2) is 22.9 Å². The van der Waals surface area contributed by atoms with E-state index in [4.69, 9.17) is 0 Å². The molecule has 0 radical (unpaired) electrons. The minimum atomic E-state index is -0.633. The molecule has 0 aliphatic rings. The van der Waals surface area contributed by atoms with Gasteiger partial charge in [0.25, 0.3) is 5.56 Å². The fourth-order valence-corrected chi connectivity index (χ4v) is 1.06. The van der Waals surface area contributed by atoms with E-state index in [0.29, 0.717) is 0 Å². The van der Waals surface area contributed by atoms with E-state index in [-0.39, 0.29) is 11.6 Å². The molecule has 0 amide bonds. The van der Waals surface area contributed by atoms with E-state index in [2.05, 4.69) is 9.84 Å². The van der Waals surface area contributed by atoms with E-state index in [1.807, 2.05) is 13.8 Å². The molecule has 0 unspecified atom stereocenters. The summed E-state index contributed by atoms with van der Waals surface area (Å²) >= 11 is 0. The SMILES string of the molecule is COC(=O)c1ccnn(C(C)C)c1=O. The van der Waals surface area contributed by atoms with Crippen molar-refractivity contribution in [1.29, 1.82) is 0 Å². The number of aromatic nitrogens is 2. The van der Waals surface area contributed by atoms with Crippen LogP contribution in [-0.2, 0) is 4.74 Å². The van der Waals surface area contributed by atoms with Gasteiger partial charge in [-0.05, 0) is 19.9 Å². The van der Waals surface area contributed by atoms with Gasteiger partial charge in [0.2, 0.25) is 0 Å². The maximum atomic E-state index is 11.6. The molecule has 0 atom stereocenters. The first-order chi connectivity index (χ1) is 6.57. The van der Waals surface area contributed by atoms with Crippen LogP contribution in [0.2, 0.25) is 0 Å². The van der Waals surface area contributed by atoms with Crippen molar-refractivity contribution in [3.05, 3.63) is 28.2 Å². The second-order valence-electron chi connectivity index (χ2n) is 3.08. The lowest BCUT2D eigenvalue weighted by molar-refractivity contribution is 0.0597. The molecule has 1 aromatic rings. The Labute approximate surface area is 81.3 Å². The molecular weight excluding hydrogens is 184 g/mol. The molecule has 0 aliphatic carbocycles. The third-order valence-corrected chi connectivity index (χ3v) is 1.77. The van der Waals surface area contributed by atoms with Crippen molar-refractivity contribution in [2.24, 2.45) is 0 Å². The third-order valence-electron chi connectivity index (χ3n) is 1.77. The summed E-state index contributed by atoms with van der Waals surface area (Å²) in [6, 6.07) is 1.28. The average Bonchev–Trinajstić information content (AvgIpc) is 2.16. The van der Waals surface area contributed by atoms with Crippen molar-refractivity contribution in [1.82, 2.24) is 9.78 Å². The maximum absolute atomic E-state index is 11.6. The topological polar surface area (TPSA) is 61.2 Å². The van der Waals surface area contributed by atoms with Gasteiger partial charge < -0.3 is 4.74 Å². The molecule has 1 rings (SSSR count). The molecule has 76 valence electrons. The fourth-order valence-electron chi connectivity index (χ4n) is 1.06. The van der Waals surface area contributed by atoms with Crippen molar-refractivity contribution in [3.8, 4) is 0 Å². The van der Waals surface area contributed by atoms with Gasteiger partial charge in [-0.3, -0.25) is 4.79 Å². The lowest BCUT2D eigenvalue weighted by atomic mass is 10.3. The van der Waals surface area contributed by atoms with Crippen molar-refractivity contribution in [3.63, 3.8) is 0 Å². The molecule has 0 saturated carbocycles. The van der Waals surface area contributed by atoms with Gasteiger partial charge in [-0.25, -0.2) is 9.48 Å². The number of carbonyl (C=O) groups excluding carboxylic acids is 1. The number of ether oxygens (including phenoxy) is 1. The Kier molecular flexibility index (Phi) is 3.01. The Morgan fingerprint density at radius 1 is 1.57 bits per heavy atom. The molecule has 0 N–H and O–H groups in total. The highest BCUT2D eigenvalue weighted by Crippen LogP contribution is 1.98. The highest BCUT2D eigenvalue weighted by atomic mass is 16.5. The highest BCUT2D eigenvalue weighted by molar-refractivity contribution is 5.88. The third kappa shape index (κ3) is 1.81. The minimum absolute atomic E-state index is 0.0104. The lowest BCUT2D eigenvalue weighted by Gasteiger charge is -2.08. The Morgan fingerprint density at radius 2 is 2.21 bits per heavy atom. The quantitative estimate of drug-likeness (QED) is 0.650. The zero-order valence-electron chi connectivity index (χ0n) is 8.35. The number of methoxy groups -OCH3 is 1. The molecule has 1 heterocycles. The van der Waals surface area contributed by atoms with Gasteiger partial charge in [0.05, 0.1) is 13.2 Å². The van der Waals surface area contributed by atoms with Crippen LogP contribution < -0.4 is 5.56 Å². The smallest absolute Gasteiger partial charge is 0.343 e. The van der Waals surface area contributed by atoms with Gasteiger partial charge in [0.1, 0.15) is 5.56 Å². The van der Waals surface area contributed by atoms with E-state index in [1.54, 1.807) is 0 Å². The van der Waals surface area contributed by atoms with Crippen LogP contribution in [0.25, 0.3) is 0 Å². The number of nitrogens with zero attached hydrogens (tertiary/aromatic N) is 2. The number of hydrogen-bond donors (Lipinski definition) is 0. The van der Waals surface area contributed by atoms with Crippen LogP contribution in [0.4, 0.5) is 0 Å². The van der Waals surface area contributed by atoms with E-state index in [9.17, 15) is 9.59 Å².